The van der Waals surface area contributed by atoms with Crippen molar-refractivity contribution in [2.75, 3.05) is 6.26 Å². The van der Waals surface area contributed by atoms with Crippen molar-refractivity contribution in [3.63, 3.8) is 0 Å². The molecule has 0 bridgehead atoms. The maximum Gasteiger partial charge on any atom is 0.306 e. The van der Waals surface area contributed by atoms with Gasteiger partial charge >= 0.3 is 10.1 Å². The summed E-state index contributed by atoms with van der Waals surface area (Å²) in [5.74, 6) is 0.189. The predicted molar refractivity (Wildman–Crippen MR) is 101 cm³/mol. The van der Waals surface area contributed by atoms with Crippen molar-refractivity contribution in [2.24, 2.45) is 0 Å². The van der Waals surface area contributed by atoms with Gasteiger partial charge in [-0.25, -0.2) is 8.42 Å². The van der Waals surface area contributed by atoms with E-state index < -0.39 is 20.1 Å². The van der Waals surface area contributed by atoms with E-state index in [1.807, 2.05) is 20.8 Å². The second-order valence-corrected chi connectivity index (χ2v) is 9.85. The summed E-state index contributed by atoms with van der Waals surface area (Å²) in [4.78, 5) is 0.244. The molecule has 0 N–H and O–H groups in total. The topological polar surface area (TPSA) is 80.8 Å². The maximum absolute atomic E-state index is 13.0. The molecule has 8 heteroatoms. The van der Waals surface area contributed by atoms with E-state index >= 15 is 0 Å². The van der Waals surface area contributed by atoms with Gasteiger partial charge in [0.2, 0.25) is 10.0 Å². The minimum Gasteiger partial charge on any atom is -0.383 e. The number of hydrogen-bond acceptors (Lipinski definition) is 5. The van der Waals surface area contributed by atoms with E-state index in [4.69, 9.17) is 4.18 Å². The predicted octanol–water partition coefficient (Wildman–Crippen LogP) is 2.93. The number of aryl methyl sites for hydroxylation is 1. The lowest BCUT2D eigenvalue weighted by Crippen LogP contribution is -2.36. The molecule has 0 aliphatic heterocycles. The van der Waals surface area contributed by atoms with Crippen molar-refractivity contribution in [2.45, 2.75) is 38.3 Å². The third kappa shape index (κ3) is 5.30. The number of benzene rings is 2. The van der Waals surface area contributed by atoms with E-state index in [1.54, 1.807) is 36.4 Å². The van der Waals surface area contributed by atoms with Crippen LogP contribution in [0.25, 0.3) is 0 Å². The standard InChI is InChI=1S/C18H23NO5S2/c1-14(2)19(26(22,23)18-11-5-15(3)6-12-18)13-16-7-9-17(10-8-16)24-25(4,20)21/h5-12,14H,13H2,1-4H3. The van der Waals surface area contributed by atoms with Crippen LogP contribution in [-0.2, 0) is 26.7 Å². The fourth-order valence-corrected chi connectivity index (χ4v) is 4.48. The van der Waals surface area contributed by atoms with Crippen LogP contribution in [-0.4, -0.2) is 33.4 Å². The molecule has 0 fully saturated rings. The van der Waals surface area contributed by atoms with Gasteiger partial charge in [0.1, 0.15) is 5.75 Å². The highest BCUT2D eigenvalue weighted by Crippen LogP contribution is 2.23. The van der Waals surface area contributed by atoms with Crippen LogP contribution in [0.1, 0.15) is 25.0 Å². The molecule has 0 unspecified atom stereocenters. The van der Waals surface area contributed by atoms with Gasteiger partial charge in [0, 0.05) is 12.6 Å². The van der Waals surface area contributed by atoms with E-state index in [0.717, 1.165) is 17.4 Å². The van der Waals surface area contributed by atoms with Gasteiger partial charge in [0.15, 0.2) is 0 Å². The molecular weight excluding hydrogens is 374 g/mol. The van der Waals surface area contributed by atoms with Gasteiger partial charge < -0.3 is 4.18 Å². The number of hydrogen-bond donors (Lipinski definition) is 0. The molecule has 0 amide bonds. The van der Waals surface area contributed by atoms with Crippen LogP contribution in [0.5, 0.6) is 5.75 Å². The molecule has 142 valence electrons. The molecular formula is C18H23NO5S2. The third-order valence-electron chi connectivity index (χ3n) is 3.71. The van der Waals surface area contributed by atoms with E-state index in [2.05, 4.69) is 0 Å². The summed E-state index contributed by atoms with van der Waals surface area (Å²) in [6.07, 6.45) is 0.968. The van der Waals surface area contributed by atoms with E-state index in [1.165, 1.54) is 16.4 Å². The highest BCUT2D eigenvalue weighted by Gasteiger charge is 2.27. The summed E-state index contributed by atoms with van der Waals surface area (Å²) >= 11 is 0. The second-order valence-electron chi connectivity index (χ2n) is 6.39. The van der Waals surface area contributed by atoms with Crippen molar-refractivity contribution in [3.8, 4) is 5.75 Å². The Labute approximate surface area is 155 Å². The first-order chi connectivity index (χ1) is 12.0. The number of nitrogens with zero attached hydrogens (tertiary/aromatic N) is 1. The van der Waals surface area contributed by atoms with Gasteiger partial charge in [0.05, 0.1) is 11.2 Å². The second kappa shape index (κ2) is 7.77. The molecule has 2 aromatic carbocycles. The van der Waals surface area contributed by atoms with Crippen LogP contribution in [0, 0.1) is 6.92 Å². The highest BCUT2D eigenvalue weighted by molar-refractivity contribution is 7.89. The molecule has 0 aromatic heterocycles. The van der Waals surface area contributed by atoms with Crippen LogP contribution in [0.2, 0.25) is 0 Å². The average Bonchev–Trinajstić information content (AvgIpc) is 2.52. The van der Waals surface area contributed by atoms with E-state index in [9.17, 15) is 16.8 Å². The van der Waals surface area contributed by atoms with Crippen LogP contribution in [0.4, 0.5) is 0 Å². The Morgan fingerprint density at radius 2 is 1.46 bits per heavy atom. The zero-order chi connectivity index (χ0) is 19.5. The normalized spacial score (nSPS) is 12.5. The zero-order valence-corrected chi connectivity index (χ0v) is 16.8. The van der Waals surface area contributed by atoms with Crippen LogP contribution >= 0.6 is 0 Å². The smallest absolute Gasteiger partial charge is 0.306 e. The average molecular weight is 398 g/mol. The molecule has 0 heterocycles. The Hall–Kier alpha value is -1.90. The Morgan fingerprint density at radius 3 is 1.92 bits per heavy atom. The Bertz CT molecular complexity index is 948. The molecule has 0 radical (unpaired) electrons. The Kier molecular flexibility index (Phi) is 6.10. The summed E-state index contributed by atoms with van der Waals surface area (Å²) < 4.78 is 54.4. The largest absolute Gasteiger partial charge is 0.383 e. The minimum absolute atomic E-state index is 0.174. The van der Waals surface area contributed by atoms with Crippen molar-refractivity contribution in [1.82, 2.24) is 4.31 Å². The summed E-state index contributed by atoms with van der Waals surface area (Å²) in [7, 11) is -7.24. The maximum atomic E-state index is 13.0. The Balaban J connectivity index is 2.27. The first-order valence-electron chi connectivity index (χ1n) is 8.06. The molecule has 0 spiro atoms. The minimum atomic E-state index is -3.65. The van der Waals surface area contributed by atoms with Gasteiger partial charge in [0.25, 0.3) is 0 Å². The first kappa shape index (κ1) is 20.4. The molecule has 2 aromatic rings. The summed E-state index contributed by atoms with van der Waals surface area (Å²) in [5, 5.41) is 0. The lowest BCUT2D eigenvalue weighted by molar-refractivity contribution is 0.348. The molecule has 0 atom stereocenters. The molecule has 0 aliphatic rings. The summed E-state index contributed by atoms with van der Waals surface area (Å²) in [6.45, 7) is 5.70. The lowest BCUT2D eigenvalue weighted by atomic mass is 10.2. The van der Waals surface area contributed by atoms with Gasteiger partial charge in [-0.1, -0.05) is 29.8 Å². The molecule has 0 saturated heterocycles. The monoisotopic (exact) mass is 397 g/mol. The van der Waals surface area contributed by atoms with Gasteiger partial charge in [-0.05, 0) is 50.6 Å². The summed E-state index contributed by atoms with van der Waals surface area (Å²) in [6, 6.07) is 12.8. The summed E-state index contributed by atoms with van der Waals surface area (Å²) in [5.41, 5.74) is 1.72. The lowest BCUT2D eigenvalue weighted by Gasteiger charge is -2.26. The van der Waals surface area contributed by atoms with Crippen molar-refractivity contribution < 1.29 is 21.0 Å². The molecule has 0 saturated carbocycles. The number of sulfonamides is 1. The van der Waals surface area contributed by atoms with E-state index in [-0.39, 0.29) is 23.2 Å². The molecule has 0 aliphatic carbocycles. The molecule has 6 nitrogen and oxygen atoms in total. The van der Waals surface area contributed by atoms with Gasteiger partial charge in [-0.15, -0.1) is 0 Å². The van der Waals surface area contributed by atoms with Crippen LogP contribution < -0.4 is 4.18 Å². The van der Waals surface area contributed by atoms with Crippen LogP contribution in [0.15, 0.2) is 53.4 Å². The van der Waals surface area contributed by atoms with Crippen LogP contribution in [0.3, 0.4) is 0 Å². The van der Waals surface area contributed by atoms with Gasteiger partial charge in [-0.2, -0.15) is 12.7 Å². The zero-order valence-electron chi connectivity index (χ0n) is 15.2. The quantitative estimate of drug-likeness (QED) is 0.671. The van der Waals surface area contributed by atoms with Gasteiger partial charge in [-0.3, -0.25) is 0 Å². The van der Waals surface area contributed by atoms with E-state index in [0.29, 0.717) is 0 Å². The molecule has 2 rings (SSSR count). The highest BCUT2D eigenvalue weighted by atomic mass is 32.2. The first-order valence-corrected chi connectivity index (χ1v) is 11.3. The number of rotatable bonds is 7. The van der Waals surface area contributed by atoms with Crippen molar-refractivity contribution >= 4 is 20.1 Å². The fraction of sp³-hybridized carbons (Fsp3) is 0.333. The van der Waals surface area contributed by atoms with Crippen molar-refractivity contribution in [3.05, 3.63) is 59.7 Å². The SMILES string of the molecule is Cc1ccc(S(=O)(=O)N(Cc2ccc(OS(C)(=O)=O)cc2)C(C)C)cc1. The molecule has 26 heavy (non-hydrogen) atoms. The third-order valence-corrected chi connectivity index (χ3v) is 6.24. The fourth-order valence-electron chi connectivity index (χ4n) is 2.40. The van der Waals surface area contributed by atoms with Crippen molar-refractivity contribution in [1.29, 1.82) is 0 Å². The Morgan fingerprint density at radius 1 is 0.923 bits per heavy atom.